The van der Waals surface area contributed by atoms with Crippen molar-refractivity contribution in [1.82, 2.24) is 9.55 Å². The maximum atomic E-state index is 6.71. The lowest BCUT2D eigenvalue weighted by Gasteiger charge is -2.41. The van der Waals surface area contributed by atoms with Crippen LogP contribution >= 0.6 is 11.6 Å². The van der Waals surface area contributed by atoms with Crippen LogP contribution in [0.4, 0.5) is 0 Å². The Labute approximate surface area is 209 Å². The molecule has 35 heavy (non-hydrogen) atoms. The summed E-state index contributed by atoms with van der Waals surface area (Å²) < 4.78 is 2.32. The Balaban J connectivity index is 1.72. The number of hydrogen-bond acceptors (Lipinski definition) is 1. The Bertz CT molecular complexity index is 1650. The number of aromatic nitrogens is 2. The Morgan fingerprint density at radius 3 is 1.89 bits per heavy atom. The standard InChI is InChI=1S/C32H21ClN2/c33-25-19-20-29-27(21-25)32(23-13-6-2-7-14-23,24-15-8-3-9-16-24)26-17-10-18-28-30(26)35(29)31(34-28)22-11-4-1-5-12-22/h1-21H. The van der Waals surface area contributed by atoms with Crippen LogP contribution in [0.3, 0.4) is 0 Å². The average Bonchev–Trinajstić information content (AvgIpc) is 3.31. The smallest absolute Gasteiger partial charge is 0.145 e. The lowest BCUT2D eigenvalue weighted by molar-refractivity contribution is 0.725. The Morgan fingerprint density at radius 2 is 1.23 bits per heavy atom. The molecule has 1 aliphatic heterocycles. The van der Waals surface area contributed by atoms with Gasteiger partial charge in [-0.25, -0.2) is 4.98 Å². The normalized spacial score (nSPS) is 13.5. The van der Waals surface area contributed by atoms with Gasteiger partial charge in [-0.1, -0.05) is 115 Å². The molecule has 5 aromatic carbocycles. The van der Waals surface area contributed by atoms with E-state index in [4.69, 9.17) is 16.6 Å². The number of nitrogens with zero attached hydrogens (tertiary/aromatic N) is 2. The van der Waals surface area contributed by atoms with E-state index >= 15 is 0 Å². The highest BCUT2D eigenvalue weighted by molar-refractivity contribution is 6.30. The van der Waals surface area contributed by atoms with Crippen molar-refractivity contribution in [1.29, 1.82) is 0 Å². The molecule has 0 N–H and O–H groups in total. The summed E-state index contributed by atoms with van der Waals surface area (Å²) in [5.41, 5.74) is 8.53. The molecular weight excluding hydrogens is 448 g/mol. The van der Waals surface area contributed by atoms with E-state index in [1.54, 1.807) is 0 Å². The van der Waals surface area contributed by atoms with Crippen LogP contribution in [0, 0.1) is 0 Å². The van der Waals surface area contributed by atoms with Crippen LogP contribution in [0.15, 0.2) is 127 Å². The van der Waals surface area contributed by atoms with Crippen molar-refractivity contribution < 1.29 is 0 Å². The van der Waals surface area contributed by atoms with Gasteiger partial charge < -0.3 is 0 Å². The quantitative estimate of drug-likeness (QED) is 0.256. The molecule has 0 fully saturated rings. The number of imidazole rings is 1. The third kappa shape index (κ3) is 2.81. The number of para-hydroxylation sites is 1. The Morgan fingerprint density at radius 1 is 0.600 bits per heavy atom. The second-order valence-electron chi connectivity index (χ2n) is 8.95. The van der Waals surface area contributed by atoms with Crippen molar-refractivity contribution in [3.05, 3.63) is 155 Å². The van der Waals surface area contributed by atoms with Crippen molar-refractivity contribution in [2.24, 2.45) is 0 Å². The first kappa shape index (κ1) is 20.3. The minimum Gasteiger partial charge on any atom is -0.292 e. The number of fused-ring (bicyclic) bond motifs is 2. The van der Waals surface area contributed by atoms with Gasteiger partial charge in [0.1, 0.15) is 5.82 Å². The second kappa shape index (κ2) is 7.69. The zero-order valence-electron chi connectivity index (χ0n) is 18.9. The number of hydrogen-bond donors (Lipinski definition) is 0. The van der Waals surface area contributed by atoms with Crippen molar-refractivity contribution >= 4 is 22.6 Å². The van der Waals surface area contributed by atoms with Crippen LogP contribution < -0.4 is 0 Å². The average molecular weight is 469 g/mol. The lowest BCUT2D eigenvalue weighted by atomic mass is 9.63. The summed E-state index contributed by atoms with van der Waals surface area (Å²) >= 11 is 6.71. The van der Waals surface area contributed by atoms with Gasteiger partial charge in [0.15, 0.2) is 0 Å². The second-order valence-corrected chi connectivity index (χ2v) is 9.39. The van der Waals surface area contributed by atoms with Crippen molar-refractivity contribution in [3.63, 3.8) is 0 Å². The van der Waals surface area contributed by atoms with Crippen LogP contribution in [0.1, 0.15) is 22.3 Å². The first-order chi connectivity index (χ1) is 17.3. The van der Waals surface area contributed by atoms with Crippen molar-refractivity contribution in [2.45, 2.75) is 5.41 Å². The van der Waals surface area contributed by atoms with E-state index in [2.05, 4.69) is 120 Å². The maximum absolute atomic E-state index is 6.71. The van der Waals surface area contributed by atoms with Gasteiger partial charge in [0.25, 0.3) is 0 Å². The van der Waals surface area contributed by atoms with Crippen molar-refractivity contribution in [3.8, 4) is 17.1 Å². The topological polar surface area (TPSA) is 17.8 Å². The molecule has 0 bridgehead atoms. The first-order valence-corrected chi connectivity index (χ1v) is 12.1. The summed E-state index contributed by atoms with van der Waals surface area (Å²) in [4.78, 5) is 5.16. The van der Waals surface area contributed by atoms with E-state index in [1.165, 1.54) is 16.7 Å². The van der Waals surface area contributed by atoms with Gasteiger partial charge in [0.2, 0.25) is 0 Å². The van der Waals surface area contributed by atoms with Gasteiger partial charge in [0.05, 0.1) is 22.1 Å². The minimum atomic E-state index is -0.535. The zero-order valence-corrected chi connectivity index (χ0v) is 19.7. The van der Waals surface area contributed by atoms with E-state index < -0.39 is 5.41 Å². The number of benzene rings is 5. The van der Waals surface area contributed by atoms with E-state index in [0.717, 1.165) is 38.7 Å². The summed E-state index contributed by atoms with van der Waals surface area (Å²) in [7, 11) is 0. The molecular formula is C32H21ClN2. The van der Waals surface area contributed by atoms with E-state index in [-0.39, 0.29) is 0 Å². The molecule has 2 nitrogen and oxygen atoms in total. The predicted molar refractivity (Wildman–Crippen MR) is 143 cm³/mol. The summed E-state index contributed by atoms with van der Waals surface area (Å²) in [5.74, 6) is 0.936. The third-order valence-corrected chi connectivity index (χ3v) is 7.36. The SMILES string of the molecule is Clc1ccc2c(c1)C(c1ccccc1)(c1ccccc1)c1cccc3nc(-c4ccccc4)n-2c13. The van der Waals surface area contributed by atoms with Gasteiger partial charge >= 0.3 is 0 Å². The number of rotatable bonds is 3. The highest BCUT2D eigenvalue weighted by Gasteiger charge is 2.45. The molecule has 0 saturated heterocycles. The molecule has 166 valence electrons. The van der Waals surface area contributed by atoms with Crippen LogP contribution in [0.25, 0.3) is 28.1 Å². The molecule has 0 spiro atoms. The van der Waals surface area contributed by atoms with Gasteiger partial charge in [-0.05, 0) is 46.5 Å². The van der Waals surface area contributed by atoms with Gasteiger partial charge in [-0.2, -0.15) is 0 Å². The van der Waals surface area contributed by atoms with Gasteiger partial charge in [-0.15, -0.1) is 0 Å². The highest BCUT2D eigenvalue weighted by Crippen LogP contribution is 2.53. The van der Waals surface area contributed by atoms with Gasteiger partial charge in [-0.3, -0.25) is 4.57 Å². The molecule has 3 heteroatoms. The molecule has 0 radical (unpaired) electrons. The molecule has 1 aliphatic rings. The molecule has 0 saturated carbocycles. The fourth-order valence-electron chi connectivity index (χ4n) is 5.76. The summed E-state index contributed by atoms with van der Waals surface area (Å²) in [5, 5.41) is 0.719. The molecule has 0 atom stereocenters. The van der Waals surface area contributed by atoms with Crippen LogP contribution in [0.2, 0.25) is 5.02 Å². The highest BCUT2D eigenvalue weighted by atomic mass is 35.5. The van der Waals surface area contributed by atoms with Crippen LogP contribution in [-0.2, 0) is 5.41 Å². The van der Waals surface area contributed by atoms with Crippen LogP contribution in [-0.4, -0.2) is 9.55 Å². The molecule has 7 rings (SSSR count). The van der Waals surface area contributed by atoms with E-state index in [9.17, 15) is 0 Å². The van der Waals surface area contributed by atoms with E-state index in [1.807, 2.05) is 12.1 Å². The fourth-order valence-corrected chi connectivity index (χ4v) is 5.93. The van der Waals surface area contributed by atoms with Crippen molar-refractivity contribution in [2.75, 3.05) is 0 Å². The van der Waals surface area contributed by atoms with Gasteiger partial charge in [0, 0.05) is 10.6 Å². The molecule has 0 aliphatic carbocycles. The summed E-state index contributed by atoms with van der Waals surface area (Å²) in [6.45, 7) is 0. The third-order valence-electron chi connectivity index (χ3n) is 7.13. The van der Waals surface area contributed by atoms with Crippen LogP contribution in [0.5, 0.6) is 0 Å². The predicted octanol–water partition coefficient (Wildman–Crippen LogP) is 8.04. The molecule has 2 heterocycles. The summed E-state index contributed by atoms with van der Waals surface area (Å²) in [6.07, 6.45) is 0. The molecule has 0 unspecified atom stereocenters. The molecule has 6 aromatic rings. The first-order valence-electron chi connectivity index (χ1n) is 11.8. The monoisotopic (exact) mass is 468 g/mol. The minimum absolute atomic E-state index is 0.535. The van der Waals surface area contributed by atoms with E-state index in [0.29, 0.717) is 0 Å². The maximum Gasteiger partial charge on any atom is 0.145 e. The Hall–Kier alpha value is -4.14. The molecule has 0 amide bonds. The lowest BCUT2D eigenvalue weighted by Crippen LogP contribution is -2.35. The largest absolute Gasteiger partial charge is 0.292 e. The summed E-state index contributed by atoms with van der Waals surface area (Å²) in [6, 6.07) is 44.7. The Kier molecular flexibility index (Phi) is 4.45. The fraction of sp³-hybridized carbons (Fsp3) is 0.0312. The number of halogens is 1. The zero-order chi connectivity index (χ0) is 23.4. The molecule has 1 aromatic heterocycles.